The van der Waals surface area contributed by atoms with Gasteiger partial charge in [0.05, 0.1) is 0 Å². The maximum atomic E-state index is 9.75. The minimum atomic E-state index is -6.00. The maximum Gasteiger partial charge on any atom is 0.673 e. The van der Waals surface area contributed by atoms with Crippen molar-refractivity contribution in [3.8, 4) is 12.3 Å². The van der Waals surface area contributed by atoms with Crippen LogP contribution in [0.15, 0.2) is 0 Å². The van der Waals surface area contributed by atoms with E-state index < -0.39 is 21.8 Å². The first-order valence-electron chi connectivity index (χ1n) is 3.41. The van der Waals surface area contributed by atoms with Crippen LogP contribution in [0.4, 0.5) is 51.8 Å². The smallest absolute Gasteiger partial charge is 0.418 e. The Bertz CT molecular complexity index is 158. The fourth-order valence-corrected chi connectivity index (χ4v) is 0. The monoisotopic (exact) mass is 301 g/mol. The molecule has 0 aliphatic rings. The Kier molecular flexibility index (Phi) is 15.7. The van der Waals surface area contributed by atoms with E-state index in [1.165, 1.54) is 0 Å². The van der Waals surface area contributed by atoms with E-state index >= 15 is 0 Å². The zero-order valence-electron chi connectivity index (χ0n) is 8.34. The van der Waals surface area contributed by atoms with Crippen molar-refractivity contribution in [2.45, 2.75) is 6.92 Å². The van der Waals surface area contributed by atoms with Crippen LogP contribution in [0.2, 0.25) is 0 Å². The van der Waals surface area contributed by atoms with Gasteiger partial charge in [0.15, 0.2) is 0 Å². The van der Waals surface area contributed by atoms with E-state index in [0.29, 0.717) is 0 Å². The van der Waals surface area contributed by atoms with Gasteiger partial charge >= 0.3 is 21.8 Å². The van der Waals surface area contributed by atoms with Gasteiger partial charge in [-0.2, -0.15) is 0 Å². The van der Waals surface area contributed by atoms with Crippen LogP contribution in [0.1, 0.15) is 6.92 Å². The number of halogens is 12. The molecule has 0 spiro atoms. The summed E-state index contributed by atoms with van der Waals surface area (Å²) >= 11 is 0. The Morgan fingerprint density at radius 3 is 0.556 bits per heavy atom. The van der Waals surface area contributed by atoms with Crippen LogP contribution in [0.3, 0.4) is 0 Å². The summed E-state index contributed by atoms with van der Waals surface area (Å²) in [6, 6.07) is 0. The van der Waals surface area contributed by atoms with Crippen LogP contribution < -0.4 is 0 Å². The molecule has 15 heteroatoms. The molecule has 112 valence electrons. The average molecular weight is 300 g/mol. The summed E-state index contributed by atoms with van der Waals surface area (Å²) in [5, 5.41) is 0. The zero-order valence-corrected chi connectivity index (χ0v) is 8.34. The Balaban J connectivity index is -0.0000000739. The molecule has 0 aromatic heterocycles. The number of terminal acetylenes is 1. The van der Waals surface area contributed by atoms with Crippen molar-refractivity contribution < 1.29 is 51.8 Å². The Morgan fingerprint density at radius 1 is 0.556 bits per heavy atom. The molecule has 0 heterocycles. The SMILES string of the molecule is C#CC.F[B-](F)(F)F.F[B-](F)(F)F.F[B-](F)(F)F. The normalized spacial score (nSPS) is 10.4. The second-order valence-corrected chi connectivity index (χ2v) is 1.77. The molecule has 0 aromatic carbocycles. The van der Waals surface area contributed by atoms with Gasteiger partial charge in [-0.05, 0) is 6.92 Å². The summed E-state index contributed by atoms with van der Waals surface area (Å²) < 4.78 is 117. The number of hydrogen-bond donors (Lipinski definition) is 0. The second kappa shape index (κ2) is 11.0. The summed E-state index contributed by atoms with van der Waals surface area (Å²) in [4.78, 5) is 0. The van der Waals surface area contributed by atoms with E-state index in [9.17, 15) is 51.8 Å². The van der Waals surface area contributed by atoms with E-state index in [-0.39, 0.29) is 0 Å². The second-order valence-electron chi connectivity index (χ2n) is 1.77. The lowest BCUT2D eigenvalue weighted by molar-refractivity contribution is 0.366. The Hall–Kier alpha value is -1.09. The van der Waals surface area contributed by atoms with Crippen molar-refractivity contribution in [2.24, 2.45) is 0 Å². The Labute approximate surface area is 94.0 Å². The minimum Gasteiger partial charge on any atom is -0.418 e. The van der Waals surface area contributed by atoms with Crippen LogP contribution in [0.25, 0.3) is 0 Å². The molecule has 0 N–H and O–H groups in total. The highest BCUT2D eigenvalue weighted by Crippen LogP contribution is 2.07. The minimum absolute atomic E-state index is 1.65. The van der Waals surface area contributed by atoms with Crippen LogP contribution in [-0.4, -0.2) is 21.8 Å². The first-order chi connectivity index (χ1) is 7.41. The molecular formula is C3H4B3F12-3. The van der Waals surface area contributed by atoms with Gasteiger partial charge in [0.25, 0.3) is 0 Å². The standard InChI is InChI=1S/C3H4.3BF4/c1-3-2;3*2-1(3,4)5/h1H,2H3;;;/q;3*-1. The van der Waals surface area contributed by atoms with Gasteiger partial charge in [0.2, 0.25) is 0 Å². The van der Waals surface area contributed by atoms with Crippen molar-refractivity contribution >= 4 is 21.8 Å². The highest BCUT2D eigenvalue weighted by Gasteiger charge is 2.21. The molecule has 0 unspecified atom stereocenters. The molecule has 0 amide bonds. The topological polar surface area (TPSA) is 0 Å². The molecule has 0 aromatic rings. The van der Waals surface area contributed by atoms with Gasteiger partial charge < -0.3 is 51.8 Å². The molecule has 0 nitrogen and oxygen atoms in total. The summed E-state index contributed by atoms with van der Waals surface area (Å²) in [6.45, 7) is 1.65. The third-order valence-electron chi connectivity index (χ3n) is 0. The molecule has 0 radical (unpaired) electrons. The summed E-state index contributed by atoms with van der Waals surface area (Å²) in [7, 11) is -18.0. The zero-order chi connectivity index (χ0) is 16.2. The van der Waals surface area contributed by atoms with Gasteiger partial charge in [0.1, 0.15) is 0 Å². The number of hydrogen-bond acceptors (Lipinski definition) is 0. The molecule has 0 saturated carbocycles. The molecule has 0 rings (SSSR count). The molecular weight excluding hydrogens is 296 g/mol. The van der Waals surface area contributed by atoms with Gasteiger partial charge in [0, 0.05) is 0 Å². The quantitative estimate of drug-likeness (QED) is 0.350. The van der Waals surface area contributed by atoms with E-state index in [0.717, 1.165) is 0 Å². The summed E-state index contributed by atoms with van der Waals surface area (Å²) in [5.41, 5.74) is 0. The highest BCUT2D eigenvalue weighted by atomic mass is 19.5. The third kappa shape index (κ3) is 2450. The van der Waals surface area contributed by atoms with E-state index in [1.807, 2.05) is 0 Å². The Morgan fingerprint density at radius 2 is 0.556 bits per heavy atom. The van der Waals surface area contributed by atoms with Crippen LogP contribution in [0, 0.1) is 12.3 Å². The average Bonchev–Trinajstić information content (AvgIpc) is 1.71. The molecule has 0 atom stereocenters. The van der Waals surface area contributed by atoms with Crippen molar-refractivity contribution in [1.29, 1.82) is 0 Å². The fourth-order valence-electron chi connectivity index (χ4n) is 0. The summed E-state index contributed by atoms with van der Waals surface area (Å²) in [6.07, 6.45) is 4.60. The van der Waals surface area contributed by atoms with Crippen LogP contribution >= 0.6 is 0 Å². The fraction of sp³-hybridized carbons (Fsp3) is 0.333. The highest BCUT2D eigenvalue weighted by molar-refractivity contribution is 6.50. The summed E-state index contributed by atoms with van der Waals surface area (Å²) in [5.74, 6) is 2.25. The van der Waals surface area contributed by atoms with Crippen molar-refractivity contribution in [3.05, 3.63) is 0 Å². The van der Waals surface area contributed by atoms with E-state index in [4.69, 9.17) is 0 Å². The largest absolute Gasteiger partial charge is 0.673 e. The van der Waals surface area contributed by atoms with Crippen molar-refractivity contribution in [2.75, 3.05) is 0 Å². The van der Waals surface area contributed by atoms with Crippen molar-refractivity contribution in [3.63, 3.8) is 0 Å². The van der Waals surface area contributed by atoms with Crippen molar-refractivity contribution in [1.82, 2.24) is 0 Å². The molecule has 0 aliphatic heterocycles. The molecule has 0 saturated heterocycles. The van der Waals surface area contributed by atoms with Crippen LogP contribution in [-0.2, 0) is 0 Å². The molecule has 0 aliphatic carbocycles. The third-order valence-corrected chi connectivity index (χ3v) is 0. The number of rotatable bonds is 0. The lowest BCUT2D eigenvalue weighted by atomic mass is 10.3. The van der Waals surface area contributed by atoms with Gasteiger partial charge in [-0.1, -0.05) is 0 Å². The molecule has 0 fully saturated rings. The van der Waals surface area contributed by atoms with Gasteiger partial charge in [-0.15, -0.1) is 12.3 Å². The predicted molar refractivity (Wildman–Crippen MR) is 45.1 cm³/mol. The molecule has 0 bridgehead atoms. The molecule has 18 heavy (non-hydrogen) atoms. The van der Waals surface area contributed by atoms with Crippen LogP contribution in [0.5, 0.6) is 0 Å². The lowest BCUT2D eigenvalue weighted by Gasteiger charge is -1.94. The first kappa shape index (κ1) is 25.7. The predicted octanol–water partition coefficient (Wildman–Crippen LogP) is 4.54. The van der Waals surface area contributed by atoms with Gasteiger partial charge in [-0.25, -0.2) is 0 Å². The lowest BCUT2D eigenvalue weighted by Crippen LogP contribution is -2.02. The first-order valence-corrected chi connectivity index (χ1v) is 3.41. The van der Waals surface area contributed by atoms with E-state index in [1.54, 1.807) is 6.92 Å². The van der Waals surface area contributed by atoms with E-state index in [2.05, 4.69) is 12.3 Å². The van der Waals surface area contributed by atoms with Gasteiger partial charge in [-0.3, -0.25) is 0 Å². The maximum absolute atomic E-state index is 9.75.